The normalized spacial score (nSPS) is 13.1. The molecule has 0 fully saturated rings. The molecule has 0 saturated carbocycles. The fourth-order valence-corrected chi connectivity index (χ4v) is 9.00. The zero-order valence-corrected chi connectivity index (χ0v) is 30.6. The highest BCUT2D eigenvalue weighted by Crippen LogP contribution is 2.52. The van der Waals surface area contributed by atoms with Gasteiger partial charge in [0.05, 0.1) is 11.4 Å². The zero-order chi connectivity index (χ0) is 36.7. The summed E-state index contributed by atoms with van der Waals surface area (Å²) >= 11 is 0. The molecule has 1 aliphatic carbocycles. The fraction of sp³-hybridized carbons (Fsp3) is 0.0577. The summed E-state index contributed by atoms with van der Waals surface area (Å²) in [7, 11) is 0. The van der Waals surface area contributed by atoms with E-state index in [0.717, 1.165) is 72.2 Å². The van der Waals surface area contributed by atoms with Gasteiger partial charge in [-0.25, -0.2) is 0 Å². The number of fused-ring (bicyclic) bond motifs is 9. The summed E-state index contributed by atoms with van der Waals surface area (Å²) in [6.45, 7) is 4.69. The fourth-order valence-electron chi connectivity index (χ4n) is 9.00. The average molecular weight is 705 g/mol. The van der Waals surface area contributed by atoms with Crippen molar-refractivity contribution in [3.63, 3.8) is 0 Å². The van der Waals surface area contributed by atoms with Gasteiger partial charge in [0, 0.05) is 56.3 Å². The van der Waals surface area contributed by atoms with Gasteiger partial charge in [-0.3, -0.25) is 4.98 Å². The number of nitrogens with zero attached hydrogens (tertiary/aromatic N) is 2. The molecule has 55 heavy (non-hydrogen) atoms. The van der Waals surface area contributed by atoms with E-state index in [0.29, 0.717) is 0 Å². The van der Waals surface area contributed by atoms with Gasteiger partial charge in [0.1, 0.15) is 11.2 Å². The lowest BCUT2D eigenvalue weighted by Crippen LogP contribution is -2.16. The third-order valence-electron chi connectivity index (χ3n) is 11.7. The first-order chi connectivity index (χ1) is 27.0. The summed E-state index contributed by atoms with van der Waals surface area (Å²) < 4.78 is 6.85. The lowest BCUT2D eigenvalue weighted by Gasteiger charge is -2.29. The summed E-state index contributed by atoms with van der Waals surface area (Å²) in [5, 5.41) is 6.93. The molecule has 0 amide bonds. The molecule has 0 atom stereocenters. The molecule has 3 heteroatoms. The molecule has 0 bridgehead atoms. The maximum atomic E-state index is 6.85. The molecule has 0 radical (unpaired) electrons. The van der Waals surface area contributed by atoms with E-state index >= 15 is 0 Å². The molecular formula is C52H36N2O. The SMILES string of the molecule is CC1(C)c2ccccc2-c2ccc(N(c3ccc4ccccc4c3)c3cc4oc5cccc(-c6ccc(-c7ccccc7)nc6)c5c4c4ccccc34)cc21. The van der Waals surface area contributed by atoms with E-state index in [1.807, 2.05) is 24.4 Å². The van der Waals surface area contributed by atoms with Crippen molar-refractivity contribution < 1.29 is 4.42 Å². The largest absolute Gasteiger partial charge is 0.456 e. The van der Waals surface area contributed by atoms with E-state index in [2.05, 4.69) is 176 Å². The molecule has 0 unspecified atom stereocenters. The Labute approximate surface area is 319 Å². The lowest BCUT2D eigenvalue weighted by atomic mass is 9.82. The van der Waals surface area contributed by atoms with Crippen LogP contribution in [0.5, 0.6) is 0 Å². The molecule has 2 heterocycles. The molecule has 0 aliphatic heterocycles. The first-order valence-corrected chi connectivity index (χ1v) is 19.0. The summed E-state index contributed by atoms with van der Waals surface area (Å²) in [5.74, 6) is 0. The first-order valence-electron chi connectivity index (χ1n) is 19.0. The molecule has 0 saturated heterocycles. The molecule has 10 aromatic rings. The van der Waals surface area contributed by atoms with E-state index in [-0.39, 0.29) is 5.41 Å². The van der Waals surface area contributed by atoms with E-state index < -0.39 is 0 Å². The minimum atomic E-state index is -0.133. The van der Waals surface area contributed by atoms with Crippen molar-refractivity contribution in [2.24, 2.45) is 0 Å². The van der Waals surface area contributed by atoms with Crippen LogP contribution in [0.25, 0.3) is 77.0 Å². The number of pyridine rings is 1. The smallest absolute Gasteiger partial charge is 0.138 e. The Kier molecular flexibility index (Phi) is 6.90. The number of furan rings is 1. The van der Waals surface area contributed by atoms with Crippen LogP contribution in [0.4, 0.5) is 17.1 Å². The molecule has 0 N–H and O–H groups in total. The Morgan fingerprint density at radius 3 is 2.04 bits per heavy atom. The van der Waals surface area contributed by atoms with Crippen LogP contribution >= 0.6 is 0 Å². The van der Waals surface area contributed by atoms with Crippen LogP contribution in [0, 0.1) is 0 Å². The van der Waals surface area contributed by atoms with E-state index in [9.17, 15) is 0 Å². The number of aromatic nitrogens is 1. The Morgan fingerprint density at radius 2 is 1.18 bits per heavy atom. The molecule has 260 valence electrons. The molecule has 11 rings (SSSR count). The van der Waals surface area contributed by atoms with Crippen molar-refractivity contribution >= 4 is 60.5 Å². The van der Waals surface area contributed by atoms with E-state index in [1.165, 1.54) is 33.0 Å². The van der Waals surface area contributed by atoms with Crippen molar-refractivity contribution in [3.8, 4) is 33.5 Å². The Bertz CT molecular complexity index is 3120. The summed E-state index contributed by atoms with van der Waals surface area (Å²) in [5.41, 5.74) is 14.4. The van der Waals surface area contributed by atoms with E-state index in [1.54, 1.807) is 0 Å². The summed E-state index contributed by atoms with van der Waals surface area (Å²) in [6, 6.07) is 63.2. The Morgan fingerprint density at radius 1 is 0.473 bits per heavy atom. The van der Waals surface area contributed by atoms with Crippen molar-refractivity contribution in [3.05, 3.63) is 193 Å². The maximum absolute atomic E-state index is 6.85. The number of rotatable bonds is 5. The zero-order valence-electron chi connectivity index (χ0n) is 30.6. The molecular weight excluding hydrogens is 669 g/mol. The third-order valence-corrected chi connectivity index (χ3v) is 11.7. The van der Waals surface area contributed by atoms with Crippen LogP contribution in [-0.4, -0.2) is 4.98 Å². The van der Waals surface area contributed by atoms with Crippen LogP contribution in [0.15, 0.2) is 187 Å². The van der Waals surface area contributed by atoms with Gasteiger partial charge >= 0.3 is 0 Å². The summed E-state index contributed by atoms with van der Waals surface area (Å²) in [4.78, 5) is 7.32. The molecule has 8 aromatic carbocycles. The van der Waals surface area contributed by atoms with Crippen molar-refractivity contribution in [1.82, 2.24) is 4.98 Å². The lowest BCUT2D eigenvalue weighted by molar-refractivity contribution is 0.660. The maximum Gasteiger partial charge on any atom is 0.138 e. The quantitative estimate of drug-likeness (QED) is 0.179. The topological polar surface area (TPSA) is 29.3 Å². The number of anilines is 3. The first kappa shape index (κ1) is 31.5. The molecule has 0 spiro atoms. The second-order valence-electron chi connectivity index (χ2n) is 15.2. The second-order valence-corrected chi connectivity index (χ2v) is 15.2. The number of hydrogen-bond donors (Lipinski definition) is 0. The number of benzene rings is 8. The highest BCUT2D eigenvalue weighted by Gasteiger charge is 2.36. The van der Waals surface area contributed by atoms with Crippen molar-refractivity contribution in [2.75, 3.05) is 4.90 Å². The Hall–Kier alpha value is -6.97. The summed E-state index contributed by atoms with van der Waals surface area (Å²) in [6.07, 6.45) is 1.99. The van der Waals surface area contributed by atoms with Crippen LogP contribution in [0.2, 0.25) is 0 Å². The van der Waals surface area contributed by atoms with Gasteiger partial charge in [0.25, 0.3) is 0 Å². The van der Waals surface area contributed by atoms with Crippen LogP contribution in [-0.2, 0) is 5.41 Å². The van der Waals surface area contributed by atoms with Crippen LogP contribution in [0.1, 0.15) is 25.0 Å². The molecule has 3 nitrogen and oxygen atoms in total. The molecule has 1 aliphatic rings. The van der Waals surface area contributed by atoms with Crippen LogP contribution in [0.3, 0.4) is 0 Å². The number of hydrogen-bond acceptors (Lipinski definition) is 3. The minimum absolute atomic E-state index is 0.133. The van der Waals surface area contributed by atoms with Gasteiger partial charge in [0.15, 0.2) is 0 Å². The third kappa shape index (κ3) is 4.86. The van der Waals surface area contributed by atoms with Gasteiger partial charge in [-0.05, 0) is 80.4 Å². The second kappa shape index (κ2) is 12.0. The van der Waals surface area contributed by atoms with Gasteiger partial charge in [-0.2, -0.15) is 0 Å². The van der Waals surface area contributed by atoms with Crippen molar-refractivity contribution in [2.45, 2.75) is 19.3 Å². The highest BCUT2D eigenvalue weighted by molar-refractivity contribution is 6.25. The average Bonchev–Trinajstić information content (AvgIpc) is 3.73. The minimum Gasteiger partial charge on any atom is -0.456 e. The van der Waals surface area contributed by atoms with Gasteiger partial charge in [-0.15, -0.1) is 0 Å². The predicted octanol–water partition coefficient (Wildman–Crippen LogP) is 14.4. The highest BCUT2D eigenvalue weighted by atomic mass is 16.3. The van der Waals surface area contributed by atoms with Gasteiger partial charge in [-0.1, -0.05) is 147 Å². The predicted molar refractivity (Wildman–Crippen MR) is 230 cm³/mol. The van der Waals surface area contributed by atoms with Crippen molar-refractivity contribution in [1.29, 1.82) is 0 Å². The standard InChI is InChI=1S/C52H36N2O/c1-52(2)44-21-11-10-17-40(44)41-27-26-38(30-45(41)52)54(37-25-23-33-13-6-7-16-35(33)29-37)47-31-49-51(43-19-9-8-18-42(43)47)50-39(20-12-22-48(50)55-49)36-24-28-46(53-32-36)34-14-4-3-5-15-34/h3-32H,1-2H3. The van der Waals surface area contributed by atoms with Crippen LogP contribution < -0.4 is 4.90 Å². The van der Waals surface area contributed by atoms with Gasteiger partial charge < -0.3 is 9.32 Å². The Balaban J connectivity index is 1.15. The van der Waals surface area contributed by atoms with Gasteiger partial charge in [0.2, 0.25) is 0 Å². The molecule has 2 aromatic heterocycles. The van der Waals surface area contributed by atoms with E-state index in [4.69, 9.17) is 9.40 Å². The monoisotopic (exact) mass is 704 g/mol.